The molecule has 8 heteroatoms. The van der Waals surface area contributed by atoms with E-state index >= 15 is 0 Å². The SMILES string of the molecule is Cc1ccoc1-c1noc(CNC2CCS(=O)(=O)C2)n1. The average molecular weight is 297 g/mol. The second-order valence-electron chi connectivity index (χ2n) is 4.93. The molecule has 1 N–H and O–H groups in total. The van der Waals surface area contributed by atoms with Gasteiger partial charge in [0.2, 0.25) is 11.7 Å². The second-order valence-corrected chi connectivity index (χ2v) is 7.15. The van der Waals surface area contributed by atoms with Crippen LogP contribution in [0.4, 0.5) is 0 Å². The third-order valence-corrected chi connectivity index (χ3v) is 5.08. The molecule has 2 aromatic heterocycles. The van der Waals surface area contributed by atoms with E-state index in [0.29, 0.717) is 30.4 Å². The monoisotopic (exact) mass is 297 g/mol. The lowest BCUT2D eigenvalue weighted by molar-refractivity contribution is 0.359. The van der Waals surface area contributed by atoms with Crippen LogP contribution >= 0.6 is 0 Å². The molecular weight excluding hydrogens is 282 g/mol. The molecule has 3 rings (SSSR count). The summed E-state index contributed by atoms with van der Waals surface area (Å²) in [6.45, 7) is 2.25. The van der Waals surface area contributed by atoms with Crippen LogP contribution in [0, 0.1) is 6.92 Å². The van der Waals surface area contributed by atoms with E-state index in [1.54, 1.807) is 6.26 Å². The molecule has 108 valence electrons. The fraction of sp³-hybridized carbons (Fsp3) is 0.500. The molecule has 1 unspecified atom stereocenters. The predicted octanol–water partition coefficient (Wildman–Crippen LogP) is 0.915. The first-order valence-electron chi connectivity index (χ1n) is 6.34. The van der Waals surface area contributed by atoms with E-state index in [4.69, 9.17) is 8.94 Å². The van der Waals surface area contributed by atoms with Crippen molar-refractivity contribution < 1.29 is 17.4 Å². The number of sulfone groups is 1. The molecule has 1 atom stereocenters. The van der Waals surface area contributed by atoms with Crippen LogP contribution in [0.1, 0.15) is 17.9 Å². The minimum atomic E-state index is -2.88. The highest BCUT2D eigenvalue weighted by molar-refractivity contribution is 7.91. The Kier molecular flexibility index (Phi) is 3.35. The van der Waals surface area contributed by atoms with Crippen molar-refractivity contribution in [3.05, 3.63) is 23.8 Å². The van der Waals surface area contributed by atoms with E-state index in [-0.39, 0.29) is 17.5 Å². The van der Waals surface area contributed by atoms with E-state index in [2.05, 4.69) is 15.5 Å². The van der Waals surface area contributed by atoms with Gasteiger partial charge in [-0.2, -0.15) is 4.98 Å². The van der Waals surface area contributed by atoms with Crippen molar-refractivity contribution in [3.8, 4) is 11.6 Å². The lowest BCUT2D eigenvalue weighted by atomic mass is 10.2. The first-order chi connectivity index (χ1) is 9.53. The van der Waals surface area contributed by atoms with Gasteiger partial charge >= 0.3 is 0 Å². The van der Waals surface area contributed by atoms with Crippen LogP contribution in [0.5, 0.6) is 0 Å². The van der Waals surface area contributed by atoms with Gasteiger partial charge in [0.1, 0.15) is 0 Å². The van der Waals surface area contributed by atoms with Crippen LogP contribution in [0.15, 0.2) is 21.3 Å². The average Bonchev–Trinajstić information content (AvgIpc) is 3.07. The number of aromatic nitrogens is 2. The number of furan rings is 1. The second kappa shape index (κ2) is 5.02. The molecule has 0 aromatic carbocycles. The summed E-state index contributed by atoms with van der Waals surface area (Å²) in [6.07, 6.45) is 2.20. The number of hydrogen-bond donors (Lipinski definition) is 1. The highest BCUT2D eigenvalue weighted by atomic mass is 32.2. The van der Waals surface area contributed by atoms with E-state index in [0.717, 1.165) is 5.56 Å². The van der Waals surface area contributed by atoms with E-state index in [9.17, 15) is 8.42 Å². The van der Waals surface area contributed by atoms with Crippen LogP contribution < -0.4 is 5.32 Å². The van der Waals surface area contributed by atoms with Crippen molar-refractivity contribution >= 4 is 9.84 Å². The third-order valence-electron chi connectivity index (χ3n) is 3.31. The molecule has 1 aliphatic rings. The fourth-order valence-corrected chi connectivity index (χ4v) is 3.92. The van der Waals surface area contributed by atoms with Gasteiger partial charge in [-0.1, -0.05) is 5.16 Å². The predicted molar refractivity (Wildman–Crippen MR) is 70.6 cm³/mol. The highest BCUT2D eigenvalue weighted by Gasteiger charge is 2.27. The fourth-order valence-electron chi connectivity index (χ4n) is 2.21. The van der Waals surface area contributed by atoms with Crippen molar-refractivity contribution in [1.29, 1.82) is 0 Å². The standard InChI is InChI=1S/C12H15N3O4S/c1-8-2-4-18-11(8)12-14-10(19-15-12)6-13-9-3-5-20(16,17)7-9/h2,4,9,13H,3,5-7H2,1H3. The Morgan fingerprint density at radius 1 is 1.50 bits per heavy atom. The smallest absolute Gasteiger partial charge is 0.241 e. The van der Waals surface area contributed by atoms with Crippen molar-refractivity contribution in [2.24, 2.45) is 0 Å². The van der Waals surface area contributed by atoms with Crippen LogP contribution in [0.2, 0.25) is 0 Å². The molecular formula is C12H15N3O4S. The number of nitrogens with zero attached hydrogens (tertiary/aromatic N) is 2. The molecule has 3 heterocycles. The number of aryl methyl sites for hydroxylation is 1. The molecule has 1 saturated heterocycles. The first-order valence-corrected chi connectivity index (χ1v) is 8.16. The summed E-state index contributed by atoms with van der Waals surface area (Å²) in [5.74, 6) is 1.82. The summed E-state index contributed by atoms with van der Waals surface area (Å²) in [7, 11) is -2.88. The molecule has 7 nitrogen and oxygen atoms in total. The Morgan fingerprint density at radius 3 is 3.00 bits per heavy atom. The zero-order valence-electron chi connectivity index (χ0n) is 11.0. The molecule has 20 heavy (non-hydrogen) atoms. The molecule has 0 spiro atoms. The van der Waals surface area contributed by atoms with Gasteiger partial charge in [0.15, 0.2) is 15.6 Å². The molecule has 0 bridgehead atoms. The van der Waals surface area contributed by atoms with Gasteiger partial charge < -0.3 is 14.3 Å². The molecule has 1 aliphatic heterocycles. The number of rotatable bonds is 4. The van der Waals surface area contributed by atoms with Gasteiger partial charge in [0.25, 0.3) is 0 Å². The highest BCUT2D eigenvalue weighted by Crippen LogP contribution is 2.21. The molecule has 0 amide bonds. The Hall–Kier alpha value is -1.67. The topological polar surface area (TPSA) is 98.2 Å². The van der Waals surface area contributed by atoms with Gasteiger partial charge in [-0.25, -0.2) is 8.42 Å². The largest absolute Gasteiger partial charge is 0.461 e. The number of hydrogen-bond acceptors (Lipinski definition) is 7. The molecule has 0 radical (unpaired) electrons. The Labute approximate surface area is 116 Å². The minimum absolute atomic E-state index is 0.0410. The van der Waals surface area contributed by atoms with E-state index in [1.165, 1.54) is 0 Å². The van der Waals surface area contributed by atoms with Crippen molar-refractivity contribution in [3.63, 3.8) is 0 Å². The first kappa shape index (κ1) is 13.3. The number of nitrogens with one attached hydrogen (secondary N) is 1. The van der Waals surface area contributed by atoms with Gasteiger partial charge in [-0.15, -0.1) is 0 Å². The van der Waals surface area contributed by atoms with Crippen LogP contribution in [0.25, 0.3) is 11.6 Å². The van der Waals surface area contributed by atoms with Crippen LogP contribution in [0.3, 0.4) is 0 Å². The van der Waals surface area contributed by atoms with Crippen LogP contribution in [-0.2, 0) is 16.4 Å². The zero-order chi connectivity index (χ0) is 14.2. The maximum absolute atomic E-state index is 11.3. The van der Waals surface area contributed by atoms with Gasteiger partial charge in [-0.05, 0) is 25.0 Å². The van der Waals surface area contributed by atoms with Gasteiger partial charge in [0.05, 0.1) is 24.3 Å². The normalized spacial score (nSPS) is 21.4. The Morgan fingerprint density at radius 2 is 2.35 bits per heavy atom. The molecule has 0 saturated carbocycles. The third kappa shape index (κ3) is 2.75. The van der Waals surface area contributed by atoms with E-state index < -0.39 is 9.84 Å². The molecule has 2 aromatic rings. The summed E-state index contributed by atoms with van der Waals surface area (Å²) in [5, 5.41) is 6.98. The van der Waals surface area contributed by atoms with E-state index in [1.807, 2.05) is 13.0 Å². The lowest BCUT2D eigenvalue weighted by Gasteiger charge is -2.06. The van der Waals surface area contributed by atoms with Crippen molar-refractivity contribution in [2.75, 3.05) is 11.5 Å². The summed E-state index contributed by atoms with van der Waals surface area (Å²) in [4.78, 5) is 4.23. The summed E-state index contributed by atoms with van der Waals surface area (Å²) in [6, 6.07) is 1.79. The molecule has 1 fully saturated rings. The maximum Gasteiger partial charge on any atom is 0.241 e. The Balaban J connectivity index is 1.62. The lowest BCUT2D eigenvalue weighted by Crippen LogP contribution is -2.29. The van der Waals surface area contributed by atoms with Crippen molar-refractivity contribution in [2.45, 2.75) is 25.9 Å². The quantitative estimate of drug-likeness (QED) is 0.895. The zero-order valence-corrected chi connectivity index (χ0v) is 11.8. The van der Waals surface area contributed by atoms with Gasteiger partial charge in [0, 0.05) is 6.04 Å². The maximum atomic E-state index is 11.3. The molecule has 0 aliphatic carbocycles. The van der Waals surface area contributed by atoms with Crippen molar-refractivity contribution in [1.82, 2.24) is 15.5 Å². The van der Waals surface area contributed by atoms with Crippen LogP contribution in [-0.4, -0.2) is 36.1 Å². The Bertz CT molecular complexity index is 704. The summed E-state index contributed by atoms with van der Waals surface area (Å²) >= 11 is 0. The van der Waals surface area contributed by atoms with Gasteiger partial charge in [-0.3, -0.25) is 0 Å². The minimum Gasteiger partial charge on any atom is -0.461 e. The summed E-state index contributed by atoms with van der Waals surface area (Å²) < 4.78 is 33.1. The summed E-state index contributed by atoms with van der Waals surface area (Å²) in [5.41, 5.74) is 0.937.